The maximum absolute atomic E-state index is 6.16. The van der Waals surface area contributed by atoms with Crippen molar-refractivity contribution >= 4 is 28.7 Å². The van der Waals surface area contributed by atoms with Gasteiger partial charge in [0.15, 0.2) is 0 Å². The van der Waals surface area contributed by atoms with E-state index in [0.29, 0.717) is 19.8 Å². The molecular formula is C53H51NO2. The van der Waals surface area contributed by atoms with E-state index in [1.54, 1.807) is 0 Å². The summed E-state index contributed by atoms with van der Waals surface area (Å²) in [5.41, 5.74) is 15.5. The van der Waals surface area contributed by atoms with Crippen LogP contribution in [0.1, 0.15) is 63.9 Å². The van der Waals surface area contributed by atoms with Crippen LogP contribution in [0.5, 0.6) is 5.75 Å². The molecule has 0 N–H and O–H groups in total. The van der Waals surface area contributed by atoms with Crippen LogP contribution in [0.3, 0.4) is 0 Å². The Morgan fingerprint density at radius 1 is 0.482 bits per heavy atom. The quantitative estimate of drug-likeness (QED) is 0.0729. The van der Waals surface area contributed by atoms with E-state index >= 15 is 0 Å². The third-order valence-electron chi connectivity index (χ3n) is 10.3. The van der Waals surface area contributed by atoms with E-state index in [9.17, 15) is 0 Å². The third-order valence-corrected chi connectivity index (χ3v) is 10.3. The van der Waals surface area contributed by atoms with Gasteiger partial charge in [0, 0.05) is 17.1 Å². The van der Waals surface area contributed by atoms with Crippen molar-refractivity contribution in [3.8, 4) is 5.75 Å². The predicted molar refractivity (Wildman–Crippen MR) is 235 cm³/mol. The van der Waals surface area contributed by atoms with Gasteiger partial charge in [-0.1, -0.05) is 147 Å². The molecule has 3 heteroatoms. The van der Waals surface area contributed by atoms with Crippen molar-refractivity contribution in [2.45, 2.75) is 53.2 Å². The van der Waals surface area contributed by atoms with Crippen molar-refractivity contribution < 1.29 is 9.47 Å². The van der Waals surface area contributed by atoms with Crippen molar-refractivity contribution in [1.29, 1.82) is 0 Å². The molecule has 280 valence electrons. The zero-order chi connectivity index (χ0) is 38.5. The Kier molecular flexibility index (Phi) is 12.9. The monoisotopic (exact) mass is 733 g/mol. The van der Waals surface area contributed by atoms with Gasteiger partial charge in [-0.3, -0.25) is 0 Å². The van der Waals surface area contributed by atoms with Crippen LogP contribution < -0.4 is 9.64 Å². The molecule has 0 fully saturated rings. The Balaban J connectivity index is 1.07. The summed E-state index contributed by atoms with van der Waals surface area (Å²) in [6, 6.07) is 62.9. The van der Waals surface area contributed by atoms with E-state index in [4.69, 9.17) is 9.47 Å². The van der Waals surface area contributed by atoms with E-state index < -0.39 is 0 Å². The molecule has 0 amide bonds. The lowest BCUT2D eigenvalue weighted by Crippen LogP contribution is -2.10. The zero-order valence-electron chi connectivity index (χ0n) is 32.8. The predicted octanol–water partition coefficient (Wildman–Crippen LogP) is 13.5. The summed E-state index contributed by atoms with van der Waals surface area (Å²) in [5.74, 6) is 0.858. The molecule has 0 heterocycles. The summed E-state index contributed by atoms with van der Waals surface area (Å²) in [6.45, 7) is 8.35. The average Bonchev–Trinajstić information content (AvgIpc) is 3.26. The first-order chi connectivity index (χ1) is 27.5. The molecule has 0 radical (unpaired) electrons. The second-order valence-electron chi connectivity index (χ2n) is 14.3. The fourth-order valence-corrected chi connectivity index (χ4v) is 6.81. The first-order valence-corrected chi connectivity index (χ1v) is 19.8. The first-order valence-electron chi connectivity index (χ1n) is 19.8. The fraction of sp³-hybridized carbons (Fsp3) is 0.170. The summed E-state index contributed by atoms with van der Waals surface area (Å²) in [5, 5.41) is 0. The Hall–Kier alpha value is -6.16. The van der Waals surface area contributed by atoms with Gasteiger partial charge in [0.25, 0.3) is 0 Å². The second kappa shape index (κ2) is 18.9. The lowest BCUT2D eigenvalue weighted by molar-refractivity contribution is 0.124. The molecule has 0 unspecified atom stereocenters. The summed E-state index contributed by atoms with van der Waals surface area (Å²) < 4.78 is 12.2. The fourth-order valence-electron chi connectivity index (χ4n) is 6.81. The SMILES string of the molecule is CCc1ccc(COCCc2ccc(N(c3ccc(C)cc3)c3ccc(C=C(c4ccccc4)c4ccc(OCc5ccc(CC)cc5)cc4)cc3)cc2)cc1. The molecule has 0 aliphatic carbocycles. The van der Waals surface area contributed by atoms with Crippen LogP contribution in [-0.2, 0) is 37.2 Å². The summed E-state index contributed by atoms with van der Waals surface area (Å²) >= 11 is 0. The number of nitrogens with zero attached hydrogens (tertiary/aromatic N) is 1. The minimum absolute atomic E-state index is 0.546. The topological polar surface area (TPSA) is 21.7 Å². The third kappa shape index (κ3) is 10.1. The van der Waals surface area contributed by atoms with E-state index in [1.807, 2.05) is 0 Å². The highest BCUT2D eigenvalue weighted by molar-refractivity contribution is 5.92. The van der Waals surface area contributed by atoms with Crippen molar-refractivity contribution in [2.75, 3.05) is 11.5 Å². The number of hydrogen-bond acceptors (Lipinski definition) is 3. The Labute approximate surface area is 333 Å². The van der Waals surface area contributed by atoms with Gasteiger partial charge in [-0.15, -0.1) is 0 Å². The minimum atomic E-state index is 0.546. The van der Waals surface area contributed by atoms with Crippen LogP contribution in [0.25, 0.3) is 11.6 Å². The van der Waals surface area contributed by atoms with Crippen LogP contribution in [0.2, 0.25) is 0 Å². The molecule has 0 aliphatic heterocycles. The van der Waals surface area contributed by atoms with Gasteiger partial charge >= 0.3 is 0 Å². The van der Waals surface area contributed by atoms with Gasteiger partial charge < -0.3 is 14.4 Å². The zero-order valence-corrected chi connectivity index (χ0v) is 32.8. The molecule has 0 saturated carbocycles. The number of aryl methyl sites for hydroxylation is 3. The maximum Gasteiger partial charge on any atom is 0.119 e. The van der Waals surface area contributed by atoms with Crippen LogP contribution in [0.15, 0.2) is 176 Å². The molecule has 7 rings (SSSR count). The van der Waals surface area contributed by atoms with Crippen LogP contribution in [-0.4, -0.2) is 6.61 Å². The van der Waals surface area contributed by atoms with E-state index in [0.717, 1.165) is 58.8 Å². The molecule has 0 saturated heterocycles. The summed E-state index contributed by atoms with van der Waals surface area (Å²) in [4.78, 5) is 2.32. The normalized spacial score (nSPS) is 11.4. The summed E-state index contributed by atoms with van der Waals surface area (Å²) in [7, 11) is 0. The van der Waals surface area contributed by atoms with E-state index in [2.05, 4.69) is 208 Å². The van der Waals surface area contributed by atoms with Gasteiger partial charge in [-0.2, -0.15) is 0 Å². The molecule has 0 atom stereocenters. The maximum atomic E-state index is 6.16. The Bertz CT molecular complexity index is 2270. The molecule has 0 spiro atoms. The van der Waals surface area contributed by atoms with Crippen LogP contribution in [0.4, 0.5) is 17.1 Å². The average molecular weight is 734 g/mol. The first kappa shape index (κ1) is 38.1. The Morgan fingerprint density at radius 3 is 1.54 bits per heavy atom. The van der Waals surface area contributed by atoms with Crippen molar-refractivity contribution in [3.05, 3.63) is 226 Å². The van der Waals surface area contributed by atoms with Gasteiger partial charge in [-0.05, 0) is 131 Å². The van der Waals surface area contributed by atoms with Gasteiger partial charge in [0.2, 0.25) is 0 Å². The molecule has 7 aromatic carbocycles. The molecule has 0 aromatic heterocycles. The lowest BCUT2D eigenvalue weighted by atomic mass is 9.95. The molecule has 7 aromatic rings. The number of ether oxygens (including phenoxy) is 2. The van der Waals surface area contributed by atoms with Crippen molar-refractivity contribution in [1.82, 2.24) is 0 Å². The largest absolute Gasteiger partial charge is 0.489 e. The van der Waals surface area contributed by atoms with E-state index in [1.165, 1.54) is 38.9 Å². The van der Waals surface area contributed by atoms with Crippen molar-refractivity contribution in [2.24, 2.45) is 0 Å². The van der Waals surface area contributed by atoms with E-state index in [-0.39, 0.29) is 0 Å². The van der Waals surface area contributed by atoms with Crippen LogP contribution >= 0.6 is 0 Å². The molecule has 56 heavy (non-hydrogen) atoms. The van der Waals surface area contributed by atoms with Crippen LogP contribution in [0, 0.1) is 6.92 Å². The number of hydrogen-bond donors (Lipinski definition) is 0. The standard InChI is InChI=1S/C53H51NO2/c1-4-41-13-17-45(18-14-41)38-55-36-35-43-21-29-50(30-22-43)54(49-27-11-40(3)12-28-49)51-31-23-44(24-32-51)37-53(47-9-7-6-8-10-47)48-25-33-52(34-26-48)56-39-46-19-15-42(5-2)16-20-46/h6-34,37H,4-5,35-36,38-39H2,1-3H3. The number of anilines is 3. The lowest BCUT2D eigenvalue weighted by Gasteiger charge is -2.26. The highest BCUT2D eigenvalue weighted by atomic mass is 16.5. The highest BCUT2D eigenvalue weighted by Gasteiger charge is 2.13. The molecule has 0 aliphatic rings. The molecule has 0 bridgehead atoms. The molecular weight excluding hydrogens is 683 g/mol. The minimum Gasteiger partial charge on any atom is -0.489 e. The number of rotatable bonds is 16. The Morgan fingerprint density at radius 2 is 0.964 bits per heavy atom. The highest BCUT2D eigenvalue weighted by Crippen LogP contribution is 2.36. The summed E-state index contributed by atoms with van der Waals surface area (Å²) in [6.07, 6.45) is 5.24. The molecule has 3 nitrogen and oxygen atoms in total. The van der Waals surface area contributed by atoms with Crippen molar-refractivity contribution in [3.63, 3.8) is 0 Å². The smallest absolute Gasteiger partial charge is 0.119 e. The van der Waals surface area contributed by atoms with Gasteiger partial charge in [-0.25, -0.2) is 0 Å². The van der Waals surface area contributed by atoms with Gasteiger partial charge in [0.05, 0.1) is 13.2 Å². The second-order valence-corrected chi connectivity index (χ2v) is 14.3. The number of benzene rings is 7. The van der Waals surface area contributed by atoms with Gasteiger partial charge in [0.1, 0.15) is 12.4 Å².